The maximum Gasteiger partial charge on any atom is 0.326 e. The van der Waals surface area contributed by atoms with Crippen LogP contribution in [0.5, 0.6) is 0 Å². The Morgan fingerprint density at radius 1 is 1.50 bits per heavy atom. The van der Waals surface area contributed by atoms with E-state index in [1.807, 2.05) is 0 Å². The number of hydrogen-bond acceptors (Lipinski definition) is 1. The zero-order chi connectivity index (χ0) is 6.78. The van der Waals surface area contributed by atoms with Crippen molar-refractivity contribution in [3.63, 3.8) is 0 Å². The topological polar surface area (TPSA) is 3.24 Å². The van der Waals surface area contributed by atoms with Crippen LogP contribution in [0.3, 0.4) is 0 Å². The molecule has 0 rings (SSSR count). The number of nitrogens with zero attached hydrogens (tertiary/aromatic N) is 1. The largest absolute Gasteiger partial charge is 0.326 e. The number of halogens is 3. The Morgan fingerprint density at radius 2 is 1.88 bits per heavy atom. The van der Waals surface area contributed by atoms with Crippen molar-refractivity contribution in [2.45, 2.75) is 19.9 Å². The highest BCUT2D eigenvalue weighted by atomic mass is 19.3. The van der Waals surface area contributed by atoms with Gasteiger partial charge in [0.2, 0.25) is 0 Å². The van der Waals surface area contributed by atoms with Gasteiger partial charge in [-0.15, -0.1) is 4.48 Å². The van der Waals surface area contributed by atoms with E-state index in [9.17, 15) is 13.3 Å². The molecule has 1 nitrogen and oxygen atoms in total. The van der Waals surface area contributed by atoms with Gasteiger partial charge in [0.05, 0.1) is 0 Å². The van der Waals surface area contributed by atoms with Crippen molar-refractivity contribution in [2.24, 2.45) is 0 Å². The van der Waals surface area contributed by atoms with E-state index in [1.165, 1.54) is 6.92 Å². The van der Waals surface area contributed by atoms with E-state index in [4.69, 9.17) is 0 Å². The molecule has 0 heterocycles. The zero-order valence-electron chi connectivity index (χ0n) is 4.79. The van der Waals surface area contributed by atoms with Crippen molar-refractivity contribution in [1.82, 2.24) is 5.12 Å². The summed E-state index contributed by atoms with van der Waals surface area (Å²) in [7, 11) is 0. The highest BCUT2D eigenvalue weighted by molar-refractivity contribution is 4.49. The molecule has 0 amide bonds. The summed E-state index contributed by atoms with van der Waals surface area (Å²) in [6.45, 7) is 1.54. The van der Waals surface area contributed by atoms with Gasteiger partial charge in [0.1, 0.15) is 0 Å². The molecule has 0 bridgehead atoms. The van der Waals surface area contributed by atoms with Crippen LogP contribution < -0.4 is 0 Å². The molecular formula is C4H8F3N. The molecule has 0 spiro atoms. The highest BCUT2D eigenvalue weighted by Crippen LogP contribution is 2.17. The smallest absolute Gasteiger partial charge is 0.186 e. The first-order valence-corrected chi connectivity index (χ1v) is 2.29. The molecule has 0 N–H and O–H groups in total. The second-order valence-electron chi connectivity index (χ2n) is 1.52. The summed E-state index contributed by atoms with van der Waals surface area (Å²) in [5.74, 6) is 0. The fourth-order valence-electron chi connectivity index (χ4n) is 0.278. The van der Waals surface area contributed by atoms with Crippen LogP contribution in [0, 0.1) is 0 Å². The highest BCUT2D eigenvalue weighted by Gasteiger charge is 2.29. The average molecular weight is 127 g/mol. The molecule has 0 aromatic heterocycles. The molecule has 4 heteroatoms. The van der Waals surface area contributed by atoms with Crippen LogP contribution in [-0.2, 0) is 0 Å². The van der Waals surface area contributed by atoms with Gasteiger partial charge in [0, 0.05) is 13.5 Å². The van der Waals surface area contributed by atoms with Crippen LogP contribution in [-0.4, -0.2) is 17.7 Å². The minimum Gasteiger partial charge on any atom is -0.186 e. The first-order chi connectivity index (χ1) is 3.48. The maximum absolute atomic E-state index is 11.7. The molecule has 0 radical (unpaired) electrons. The third kappa shape index (κ3) is 2.16. The summed E-state index contributed by atoms with van der Waals surface area (Å²) >= 11 is 0. The standard InChI is InChI=1S/C4H8F3N/c1-3-8(7)4(2,5)6/h3H2,1-2H3. The van der Waals surface area contributed by atoms with Crippen LogP contribution in [0.4, 0.5) is 13.3 Å². The van der Waals surface area contributed by atoms with Gasteiger partial charge in [-0.2, -0.15) is 8.78 Å². The average Bonchev–Trinajstić information content (AvgIpc) is 1.62. The normalized spacial score (nSPS) is 12.8. The second kappa shape index (κ2) is 2.35. The van der Waals surface area contributed by atoms with Gasteiger partial charge in [0.15, 0.2) is 0 Å². The molecule has 0 aromatic carbocycles. The van der Waals surface area contributed by atoms with Gasteiger partial charge in [-0.3, -0.25) is 0 Å². The molecule has 8 heavy (non-hydrogen) atoms. The van der Waals surface area contributed by atoms with Gasteiger partial charge >= 0.3 is 6.05 Å². The van der Waals surface area contributed by atoms with Gasteiger partial charge < -0.3 is 0 Å². The predicted molar refractivity (Wildman–Crippen MR) is 24.1 cm³/mol. The quantitative estimate of drug-likeness (QED) is 0.404. The van der Waals surface area contributed by atoms with Crippen molar-refractivity contribution in [1.29, 1.82) is 0 Å². The second-order valence-corrected chi connectivity index (χ2v) is 1.52. The van der Waals surface area contributed by atoms with Gasteiger partial charge in [-0.05, 0) is 6.92 Å². The predicted octanol–water partition coefficient (Wildman–Crippen LogP) is 1.81. The number of hydrogen-bond donors (Lipinski definition) is 0. The van der Waals surface area contributed by atoms with Crippen molar-refractivity contribution in [3.05, 3.63) is 0 Å². The van der Waals surface area contributed by atoms with Crippen LogP contribution in [0.2, 0.25) is 0 Å². The van der Waals surface area contributed by atoms with Gasteiger partial charge in [-0.1, -0.05) is 5.12 Å². The van der Waals surface area contributed by atoms with Crippen molar-refractivity contribution in [2.75, 3.05) is 6.54 Å². The van der Waals surface area contributed by atoms with E-state index in [2.05, 4.69) is 0 Å². The minimum atomic E-state index is -3.32. The molecule has 0 aliphatic heterocycles. The minimum absolute atomic E-state index is 0.288. The fourth-order valence-corrected chi connectivity index (χ4v) is 0.278. The van der Waals surface area contributed by atoms with Gasteiger partial charge in [0.25, 0.3) is 0 Å². The monoisotopic (exact) mass is 127 g/mol. The molecule has 0 unspecified atom stereocenters. The van der Waals surface area contributed by atoms with Crippen LogP contribution in [0.1, 0.15) is 13.8 Å². The molecule has 0 atom stereocenters. The summed E-state index contributed by atoms with van der Waals surface area (Å²) in [6.07, 6.45) is 0. The first-order valence-electron chi connectivity index (χ1n) is 2.29. The molecule has 0 saturated heterocycles. The molecule has 0 aliphatic carbocycles. The Labute approximate surface area is 46.0 Å². The van der Waals surface area contributed by atoms with Crippen LogP contribution in [0.15, 0.2) is 0 Å². The van der Waals surface area contributed by atoms with E-state index in [0.717, 1.165) is 0 Å². The van der Waals surface area contributed by atoms with Crippen molar-refractivity contribution in [3.8, 4) is 0 Å². The van der Waals surface area contributed by atoms with Crippen molar-refractivity contribution < 1.29 is 13.3 Å². The lowest BCUT2D eigenvalue weighted by Gasteiger charge is -2.15. The zero-order valence-corrected chi connectivity index (χ0v) is 4.79. The maximum atomic E-state index is 11.7. The third-order valence-corrected chi connectivity index (χ3v) is 0.704. The molecule has 50 valence electrons. The van der Waals surface area contributed by atoms with Crippen molar-refractivity contribution >= 4 is 0 Å². The number of rotatable bonds is 2. The lowest BCUT2D eigenvalue weighted by molar-refractivity contribution is -0.220. The summed E-state index contributed by atoms with van der Waals surface area (Å²) < 4.78 is 35.1. The third-order valence-electron chi connectivity index (χ3n) is 0.704. The van der Waals surface area contributed by atoms with Gasteiger partial charge in [-0.25, -0.2) is 0 Å². The number of alkyl halides is 2. The van der Waals surface area contributed by atoms with Crippen LogP contribution >= 0.6 is 0 Å². The molecule has 0 aliphatic rings. The molecule has 0 fully saturated rings. The lowest BCUT2D eigenvalue weighted by Crippen LogP contribution is -2.31. The van der Waals surface area contributed by atoms with E-state index in [0.29, 0.717) is 6.92 Å². The van der Waals surface area contributed by atoms with E-state index < -0.39 is 11.2 Å². The SMILES string of the molecule is CCN(F)C(C)(F)F. The Morgan fingerprint density at radius 3 is 1.88 bits per heavy atom. The Balaban J connectivity index is 3.62. The Kier molecular flexibility index (Phi) is 2.27. The summed E-state index contributed by atoms with van der Waals surface area (Å²) in [5.41, 5.74) is 0. The Bertz CT molecular complexity index is 68.2. The molecule has 0 aromatic rings. The van der Waals surface area contributed by atoms with E-state index >= 15 is 0 Å². The fraction of sp³-hybridized carbons (Fsp3) is 1.00. The molecular weight excluding hydrogens is 119 g/mol. The molecule has 0 saturated carbocycles. The Hall–Kier alpha value is -0.250. The first kappa shape index (κ1) is 7.75. The van der Waals surface area contributed by atoms with Crippen LogP contribution in [0.25, 0.3) is 0 Å². The summed E-state index contributed by atoms with van der Waals surface area (Å²) in [5, 5.41) is -0.521. The van der Waals surface area contributed by atoms with E-state index in [1.54, 1.807) is 0 Å². The van der Waals surface area contributed by atoms with E-state index in [-0.39, 0.29) is 6.54 Å². The summed E-state index contributed by atoms with van der Waals surface area (Å²) in [6, 6.07) is -3.32. The lowest BCUT2D eigenvalue weighted by atomic mass is 10.6. The summed E-state index contributed by atoms with van der Waals surface area (Å²) in [4.78, 5) is 0.